The second-order valence-electron chi connectivity index (χ2n) is 4.17. The second-order valence-corrected chi connectivity index (χ2v) is 4.17. The van der Waals surface area contributed by atoms with Crippen molar-refractivity contribution in [2.75, 3.05) is 13.1 Å². The zero-order valence-electron chi connectivity index (χ0n) is 9.10. The van der Waals surface area contributed by atoms with Crippen LogP contribution in [0.4, 0.5) is 0 Å². The van der Waals surface area contributed by atoms with Gasteiger partial charge >= 0.3 is 0 Å². The topological polar surface area (TPSA) is 41.1 Å². The van der Waals surface area contributed by atoms with Gasteiger partial charge in [-0.25, -0.2) is 0 Å². The van der Waals surface area contributed by atoms with E-state index in [1.54, 1.807) is 0 Å². The Kier molecular flexibility index (Phi) is 4.14. The maximum Gasteiger partial charge on any atom is 0.224 e. The van der Waals surface area contributed by atoms with Crippen molar-refractivity contribution < 1.29 is 4.79 Å². The standard InChI is InChI=1S/C11H20N2O/c1-8(2)7-13-11(14)10-5-4-6-12-9(10)3/h9-10,12H,1,4-7H2,2-3H3,(H,13,14). The molecule has 0 aromatic rings. The third-order valence-electron chi connectivity index (χ3n) is 2.66. The Labute approximate surface area is 86.0 Å². The van der Waals surface area contributed by atoms with E-state index < -0.39 is 0 Å². The van der Waals surface area contributed by atoms with Crippen molar-refractivity contribution in [1.82, 2.24) is 10.6 Å². The lowest BCUT2D eigenvalue weighted by Crippen LogP contribution is -2.46. The molecule has 2 atom stereocenters. The minimum absolute atomic E-state index is 0.128. The van der Waals surface area contributed by atoms with Gasteiger partial charge in [-0.1, -0.05) is 12.2 Å². The number of hydrogen-bond acceptors (Lipinski definition) is 2. The first-order chi connectivity index (χ1) is 6.61. The summed E-state index contributed by atoms with van der Waals surface area (Å²) in [4.78, 5) is 11.7. The molecule has 1 heterocycles. The summed E-state index contributed by atoms with van der Waals surface area (Å²) in [5.41, 5.74) is 0.995. The van der Waals surface area contributed by atoms with E-state index in [2.05, 4.69) is 24.1 Å². The monoisotopic (exact) mass is 196 g/mol. The highest BCUT2D eigenvalue weighted by atomic mass is 16.1. The molecule has 1 saturated heterocycles. The number of nitrogens with one attached hydrogen (secondary N) is 2. The molecule has 0 radical (unpaired) electrons. The molecule has 1 fully saturated rings. The highest BCUT2D eigenvalue weighted by Crippen LogP contribution is 2.16. The van der Waals surface area contributed by atoms with Crippen LogP contribution in [0, 0.1) is 5.92 Å². The predicted molar refractivity (Wildman–Crippen MR) is 58.0 cm³/mol. The summed E-state index contributed by atoms with van der Waals surface area (Å²) < 4.78 is 0. The van der Waals surface area contributed by atoms with Gasteiger partial charge in [-0.2, -0.15) is 0 Å². The van der Waals surface area contributed by atoms with E-state index in [0.29, 0.717) is 12.6 Å². The summed E-state index contributed by atoms with van der Waals surface area (Å²) in [6.45, 7) is 9.39. The van der Waals surface area contributed by atoms with E-state index in [1.807, 2.05) is 6.92 Å². The van der Waals surface area contributed by atoms with Crippen LogP contribution in [0.1, 0.15) is 26.7 Å². The van der Waals surface area contributed by atoms with Crippen molar-refractivity contribution in [2.45, 2.75) is 32.7 Å². The molecule has 1 amide bonds. The average Bonchev–Trinajstić information content (AvgIpc) is 2.15. The maximum atomic E-state index is 11.7. The molecule has 0 saturated carbocycles. The minimum atomic E-state index is 0.128. The highest BCUT2D eigenvalue weighted by Gasteiger charge is 2.26. The van der Waals surface area contributed by atoms with Gasteiger partial charge in [0.2, 0.25) is 5.91 Å². The van der Waals surface area contributed by atoms with Gasteiger partial charge in [-0.15, -0.1) is 0 Å². The van der Waals surface area contributed by atoms with Crippen molar-refractivity contribution in [2.24, 2.45) is 5.92 Å². The lowest BCUT2D eigenvalue weighted by molar-refractivity contribution is -0.126. The molecule has 1 rings (SSSR count). The molecule has 0 spiro atoms. The van der Waals surface area contributed by atoms with Crippen LogP contribution in [-0.4, -0.2) is 25.0 Å². The predicted octanol–water partition coefficient (Wildman–Crippen LogP) is 1.07. The van der Waals surface area contributed by atoms with Crippen molar-refractivity contribution in [3.05, 3.63) is 12.2 Å². The first-order valence-electron chi connectivity index (χ1n) is 5.26. The van der Waals surface area contributed by atoms with Crippen molar-refractivity contribution >= 4 is 5.91 Å². The molecule has 1 aliphatic heterocycles. The first-order valence-corrected chi connectivity index (χ1v) is 5.26. The second kappa shape index (κ2) is 5.15. The van der Waals surface area contributed by atoms with Gasteiger partial charge in [-0.3, -0.25) is 4.79 Å². The summed E-state index contributed by atoms with van der Waals surface area (Å²) in [6, 6.07) is 0.300. The quantitative estimate of drug-likeness (QED) is 0.663. The van der Waals surface area contributed by atoms with Gasteiger partial charge in [0.25, 0.3) is 0 Å². The number of carbonyl (C=O) groups is 1. The number of amides is 1. The van der Waals surface area contributed by atoms with Crippen LogP contribution in [0.2, 0.25) is 0 Å². The molecule has 3 heteroatoms. The largest absolute Gasteiger partial charge is 0.352 e. The van der Waals surface area contributed by atoms with E-state index in [9.17, 15) is 4.79 Å². The molecule has 2 unspecified atom stereocenters. The Hall–Kier alpha value is -0.830. The van der Waals surface area contributed by atoms with Crippen LogP contribution in [0.3, 0.4) is 0 Å². The Balaban J connectivity index is 2.38. The number of carbonyl (C=O) groups excluding carboxylic acids is 1. The summed E-state index contributed by atoms with van der Waals surface area (Å²) in [6.07, 6.45) is 2.09. The Bertz CT molecular complexity index is 225. The number of piperidine rings is 1. The maximum absolute atomic E-state index is 11.7. The zero-order chi connectivity index (χ0) is 10.6. The molecule has 0 aliphatic carbocycles. The van der Waals surface area contributed by atoms with Gasteiger partial charge < -0.3 is 10.6 Å². The van der Waals surface area contributed by atoms with Crippen molar-refractivity contribution in [3.8, 4) is 0 Å². The van der Waals surface area contributed by atoms with E-state index in [0.717, 1.165) is 25.0 Å². The van der Waals surface area contributed by atoms with E-state index in [1.165, 1.54) is 0 Å². The molecular formula is C11H20N2O. The fourth-order valence-corrected chi connectivity index (χ4v) is 1.77. The van der Waals surface area contributed by atoms with Crippen LogP contribution >= 0.6 is 0 Å². The average molecular weight is 196 g/mol. The summed E-state index contributed by atoms with van der Waals surface area (Å²) in [5, 5.41) is 6.22. The molecule has 80 valence electrons. The van der Waals surface area contributed by atoms with Gasteiger partial charge in [0.15, 0.2) is 0 Å². The van der Waals surface area contributed by atoms with Crippen LogP contribution in [0.25, 0.3) is 0 Å². The molecule has 14 heavy (non-hydrogen) atoms. The van der Waals surface area contributed by atoms with Gasteiger partial charge in [-0.05, 0) is 33.2 Å². The summed E-state index contributed by atoms with van der Waals surface area (Å²) in [7, 11) is 0. The summed E-state index contributed by atoms with van der Waals surface area (Å²) >= 11 is 0. The minimum Gasteiger partial charge on any atom is -0.352 e. The fourth-order valence-electron chi connectivity index (χ4n) is 1.77. The van der Waals surface area contributed by atoms with Gasteiger partial charge in [0.05, 0.1) is 5.92 Å². The normalized spacial score (nSPS) is 27.0. The Morgan fingerprint density at radius 3 is 2.93 bits per heavy atom. The van der Waals surface area contributed by atoms with Crippen molar-refractivity contribution in [3.63, 3.8) is 0 Å². The Morgan fingerprint density at radius 1 is 1.64 bits per heavy atom. The third kappa shape index (κ3) is 3.14. The van der Waals surface area contributed by atoms with E-state index in [4.69, 9.17) is 0 Å². The number of rotatable bonds is 3. The van der Waals surface area contributed by atoms with Crippen LogP contribution in [0.5, 0.6) is 0 Å². The molecule has 3 nitrogen and oxygen atoms in total. The molecule has 0 bridgehead atoms. The Morgan fingerprint density at radius 2 is 2.36 bits per heavy atom. The number of hydrogen-bond donors (Lipinski definition) is 2. The summed E-state index contributed by atoms with van der Waals surface area (Å²) in [5.74, 6) is 0.288. The van der Waals surface area contributed by atoms with E-state index in [-0.39, 0.29) is 11.8 Å². The van der Waals surface area contributed by atoms with Crippen LogP contribution in [0.15, 0.2) is 12.2 Å². The van der Waals surface area contributed by atoms with Crippen LogP contribution < -0.4 is 10.6 Å². The molecule has 0 aromatic heterocycles. The van der Waals surface area contributed by atoms with Crippen LogP contribution in [-0.2, 0) is 4.79 Å². The molecular weight excluding hydrogens is 176 g/mol. The highest BCUT2D eigenvalue weighted by molar-refractivity contribution is 5.79. The SMILES string of the molecule is C=C(C)CNC(=O)C1CCCNC1C. The van der Waals surface area contributed by atoms with Gasteiger partial charge in [0.1, 0.15) is 0 Å². The zero-order valence-corrected chi connectivity index (χ0v) is 9.10. The lowest BCUT2D eigenvalue weighted by atomic mass is 9.91. The molecule has 2 N–H and O–H groups in total. The van der Waals surface area contributed by atoms with E-state index >= 15 is 0 Å². The molecule has 1 aliphatic rings. The third-order valence-corrected chi connectivity index (χ3v) is 2.66. The molecule has 0 aromatic carbocycles. The smallest absolute Gasteiger partial charge is 0.224 e. The first kappa shape index (κ1) is 11.2. The van der Waals surface area contributed by atoms with Crippen molar-refractivity contribution in [1.29, 1.82) is 0 Å². The van der Waals surface area contributed by atoms with Gasteiger partial charge in [0, 0.05) is 12.6 Å². The lowest BCUT2D eigenvalue weighted by Gasteiger charge is -2.28. The fraction of sp³-hybridized carbons (Fsp3) is 0.727.